The van der Waals surface area contributed by atoms with E-state index in [4.69, 9.17) is 5.53 Å². The molecular formula is C14H22N4O. The van der Waals surface area contributed by atoms with Crippen LogP contribution in [-0.4, -0.2) is 30.4 Å². The largest absolute Gasteiger partial charge is 0.339 e. The van der Waals surface area contributed by atoms with Crippen molar-refractivity contribution < 1.29 is 4.79 Å². The lowest BCUT2D eigenvalue weighted by Gasteiger charge is -2.36. The molecule has 0 aromatic rings. The number of azide groups is 1. The molecule has 2 aliphatic rings. The van der Waals surface area contributed by atoms with Gasteiger partial charge in [0.2, 0.25) is 5.91 Å². The maximum Gasteiger partial charge on any atom is 0.222 e. The van der Waals surface area contributed by atoms with Crippen molar-refractivity contribution in [3.63, 3.8) is 0 Å². The highest BCUT2D eigenvalue weighted by Gasteiger charge is 2.27. The molecule has 1 fully saturated rings. The van der Waals surface area contributed by atoms with Crippen LogP contribution in [0.3, 0.4) is 0 Å². The van der Waals surface area contributed by atoms with Gasteiger partial charge in [-0.05, 0) is 50.0 Å². The number of amides is 1. The Kier molecular flexibility index (Phi) is 5.28. The summed E-state index contributed by atoms with van der Waals surface area (Å²) in [6.07, 6.45) is 9.47. The fourth-order valence-electron chi connectivity index (χ4n) is 3.01. The van der Waals surface area contributed by atoms with Crippen molar-refractivity contribution in [2.75, 3.05) is 19.6 Å². The average molecular weight is 262 g/mol. The Morgan fingerprint density at radius 2 is 2.37 bits per heavy atom. The van der Waals surface area contributed by atoms with Crippen LogP contribution in [0.25, 0.3) is 10.4 Å². The molecule has 0 N–H and O–H groups in total. The summed E-state index contributed by atoms with van der Waals surface area (Å²) in [5, 5.41) is 3.48. The van der Waals surface area contributed by atoms with Crippen molar-refractivity contribution >= 4 is 5.91 Å². The van der Waals surface area contributed by atoms with E-state index >= 15 is 0 Å². The lowest BCUT2D eigenvalue weighted by Crippen LogP contribution is -2.40. The van der Waals surface area contributed by atoms with Crippen LogP contribution in [0.2, 0.25) is 0 Å². The number of rotatable bonds is 5. The van der Waals surface area contributed by atoms with Gasteiger partial charge in [-0.15, -0.1) is 0 Å². The van der Waals surface area contributed by atoms with E-state index in [1.54, 1.807) is 0 Å². The second kappa shape index (κ2) is 7.19. The summed E-state index contributed by atoms with van der Waals surface area (Å²) in [6, 6.07) is 0. The molecule has 5 nitrogen and oxygen atoms in total. The predicted octanol–water partition coefficient (Wildman–Crippen LogP) is 3.43. The molecule has 0 saturated carbocycles. The van der Waals surface area contributed by atoms with Gasteiger partial charge in [0, 0.05) is 31.0 Å². The van der Waals surface area contributed by atoms with E-state index in [1.807, 2.05) is 4.90 Å². The Labute approximate surface area is 114 Å². The van der Waals surface area contributed by atoms with E-state index in [2.05, 4.69) is 16.1 Å². The summed E-state index contributed by atoms with van der Waals surface area (Å²) < 4.78 is 0. The maximum absolute atomic E-state index is 12.1. The lowest BCUT2D eigenvalue weighted by molar-refractivity contribution is -0.131. The normalized spacial score (nSPS) is 22.2. The summed E-state index contributed by atoms with van der Waals surface area (Å²) in [5.74, 6) is 0.994. The highest BCUT2D eigenvalue weighted by Crippen LogP contribution is 2.32. The zero-order chi connectivity index (χ0) is 13.5. The van der Waals surface area contributed by atoms with E-state index in [0.29, 0.717) is 13.0 Å². The zero-order valence-electron chi connectivity index (χ0n) is 11.4. The minimum atomic E-state index is 0.255. The topological polar surface area (TPSA) is 69.1 Å². The number of hydrogen-bond donors (Lipinski definition) is 0. The molecule has 2 rings (SSSR count). The lowest BCUT2D eigenvalue weighted by atomic mass is 9.82. The van der Waals surface area contributed by atoms with E-state index in [0.717, 1.165) is 38.3 Å². The van der Waals surface area contributed by atoms with Crippen molar-refractivity contribution in [1.29, 1.82) is 0 Å². The number of unbranched alkanes of at least 4 members (excludes halogenated alkanes) is 1. The second-order valence-electron chi connectivity index (χ2n) is 5.42. The summed E-state index contributed by atoms with van der Waals surface area (Å²) in [6.45, 7) is 2.26. The van der Waals surface area contributed by atoms with Crippen LogP contribution in [-0.2, 0) is 4.79 Å². The van der Waals surface area contributed by atoms with Crippen molar-refractivity contribution in [3.05, 3.63) is 22.1 Å². The van der Waals surface area contributed by atoms with Crippen LogP contribution in [0.15, 0.2) is 16.8 Å². The molecule has 0 radical (unpaired) electrons. The standard InChI is InChI=1S/C14H22N4O/c15-17-16-9-4-3-7-14(19)18-10-8-12-5-1-2-6-13(12)11-18/h6,12H,1-5,7-11H2. The quantitative estimate of drug-likeness (QED) is 0.246. The molecule has 5 heteroatoms. The Morgan fingerprint density at radius 1 is 1.47 bits per heavy atom. The van der Waals surface area contributed by atoms with Crippen LogP contribution < -0.4 is 0 Å². The first-order valence-electron chi connectivity index (χ1n) is 7.29. The molecule has 1 aliphatic heterocycles. The maximum atomic E-state index is 12.1. The Bertz CT molecular complexity index is 398. The summed E-state index contributed by atoms with van der Waals surface area (Å²) >= 11 is 0. The molecule has 1 saturated heterocycles. The Balaban J connectivity index is 1.74. The Hall–Kier alpha value is -1.48. The van der Waals surface area contributed by atoms with Gasteiger partial charge in [0.15, 0.2) is 0 Å². The third kappa shape index (κ3) is 4.00. The number of carbonyl (C=O) groups excluding carboxylic acids is 1. The van der Waals surface area contributed by atoms with E-state index in [-0.39, 0.29) is 5.91 Å². The first-order valence-corrected chi connectivity index (χ1v) is 7.29. The highest BCUT2D eigenvalue weighted by molar-refractivity contribution is 5.76. The van der Waals surface area contributed by atoms with Gasteiger partial charge in [0.05, 0.1) is 0 Å². The summed E-state index contributed by atoms with van der Waals surface area (Å²) in [5.41, 5.74) is 9.65. The van der Waals surface area contributed by atoms with Crippen LogP contribution in [0.1, 0.15) is 44.9 Å². The van der Waals surface area contributed by atoms with Crippen molar-refractivity contribution in [3.8, 4) is 0 Å². The number of allylic oxidation sites excluding steroid dienone is 1. The monoisotopic (exact) mass is 262 g/mol. The van der Waals surface area contributed by atoms with Gasteiger partial charge >= 0.3 is 0 Å². The molecule has 1 aliphatic carbocycles. The van der Waals surface area contributed by atoms with E-state index in [1.165, 1.54) is 24.8 Å². The number of carbonyl (C=O) groups is 1. The smallest absolute Gasteiger partial charge is 0.222 e. The summed E-state index contributed by atoms with van der Waals surface area (Å²) in [7, 11) is 0. The molecule has 1 unspecified atom stereocenters. The molecule has 1 atom stereocenters. The van der Waals surface area contributed by atoms with Gasteiger partial charge in [-0.1, -0.05) is 16.8 Å². The molecule has 1 heterocycles. The minimum Gasteiger partial charge on any atom is -0.339 e. The van der Waals surface area contributed by atoms with Crippen LogP contribution >= 0.6 is 0 Å². The number of likely N-dealkylation sites (tertiary alicyclic amines) is 1. The molecular weight excluding hydrogens is 240 g/mol. The van der Waals surface area contributed by atoms with Gasteiger partial charge in [-0.25, -0.2) is 0 Å². The first kappa shape index (κ1) is 13.9. The minimum absolute atomic E-state index is 0.255. The van der Waals surface area contributed by atoms with E-state index in [9.17, 15) is 4.79 Å². The molecule has 1 amide bonds. The zero-order valence-corrected chi connectivity index (χ0v) is 11.4. The number of fused-ring (bicyclic) bond motifs is 1. The molecule has 0 aromatic carbocycles. The fraction of sp³-hybridized carbons (Fsp3) is 0.786. The van der Waals surface area contributed by atoms with Gasteiger partial charge in [-0.2, -0.15) is 0 Å². The second-order valence-corrected chi connectivity index (χ2v) is 5.42. The number of hydrogen-bond acceptors (Lipinski definition) is 2. The van der Waals surface area contributed by atoms with E-state index < -0.39 is 0 Å². The average Bonchev–Trinajstić information content (AvgIpc) is 2.46. The highest BCUT2D eigenvalue weighted by atomic mass is 16.2. The van der Waals surface area contributed by atoms with Gasteiger partial charge < -0.3 is 4.90 Å². The van der Waals surface area contributed by atoms with Crippen LogP contribution in [0, 0.1) is 5.92 Å². The fourth-order valence-corrected chi connectivity index (χ4v) is 3.01. The number of nitrogens with zero attached hydrogens (tertiary/aromatic N) is 4. The van der Waals surface area contributed by atoms with Crippen molar-refractivity contribution in [2.45, 2.75) is 44.9 Å². The first-order chi connectivity index (χ1) is 9.31. The molecule has 0 bridgehead atoms. The van der Waals surface area contributed by atoms with Gasteiger partial charge in [0.25, 0.3) is 0 Å². The third-order valence-corrected chi connectivity index (χ3v) is 4.12. The van der Waals surface area contributed by atoms with Crippen LogP contribution in [0.4, 0.5) is 0 Å². The molecule has 0 spiro atoms. The van der Waals surface area contributed by atoms with Gasteiger partial charge in [0.1, 0.15) is 0 Å². The molecule has 19 heavy (non-hydrogen) atoms. The molecule has 0 aromatic heterocycles. The number of piperidine rings is 1. The van der Waals surface area contributed by atoms with Crippen molar-refractivity contribution in [1.82, 2.24) is 4.90 Å². The van der Waals surface area contributed by atoms with Crippen molar-refractivity contribution in [2.24, 2.45) is 11.0 Å². The third-order valence-electron chi connectivity index (χ3n) is 4.12. The Morgan fingerprint density at radius 3 is 3.21 bits per heavy atom. The SMILES string of the molecule is [N-]=[N+]=NCCCCC(=O)N1CCC2CCCC=C2C1. The summed E-state index contributed by atoms with van der Waals surface area (Å²) in [4.78, 5) is 16.8. The predicted molar refractivity (Wildman–Crippen MR) is 74.5 cm³/mol. The van der Waals surface area contributed by atoms with Gasteiger partial charge in [-0.3, -0.25) is 4.79 Å². The van der Waals surface area contributed by atoms with Crippen LogP contribution in [0.5, 0.6) is 0 Å². The molecule has 104 valence electrons.